The Morgan fingerprint density at radius 1 is 0.451 bits per heavy atom. The Hall–Kier alpha value is -5.24. The summed E-state index contributed by atoms with van der Waals surface area (Å²) in [4.78, 5) is 48.9. The van der Waals surface area contributed by atoms with Gasteiger partial charge < -0.3 is 18.9 Å². The van der Waals surface area contributed by atoms with Crippen molar-refractivity contribution in [2.45, 2.75) is 83.8 Å². The van der Waals surface area contributed by atoms with Crippen molar-refractivity contribution in [2.24, 2.45) is 0 Å². The zero-order valence-corrected chi connectivity index (χ0v) is 30.2. The summed E-state index contributed by atoms with van der Waals surface area (Å²) in [5.41, 5.74) is 0.790. The lowest BCUT2D eigenvalue weighted by Crippen LogP contribution is -2.36. The molecule has 0 N–H and O–H groups in total. The quantitative estimate of drug-likeness (QED) is 0.0795. The van der Waals surface area contributed by atoms with Crippen molar-refractivity contribution in [3.05, 3.63) is 144 Å². The van der Waals surface area contributed by atoms with Gasteiger partial charge in [-0.2, -0.15) is 0 Å². The van der Waals surface area contributed by atoms with Gasteiger partial charge in [0.05, 0.1) is 35.5 Å². The van der Waals surface area contributed by atoms with Crippen LogP contribution in [-0.2, 0) is 18.9 Å². The number of esters is 4. The number of benzene rings is 4. The summed E-state index contributed by atoms with van der Waals surface area (Å²) in [6.45, 7) is 8.37. The van der Waals surface area contributed by atoms with E-state index in [0.717, 1.165) is 19.3 Å². The minimum absolute atomic E-state index is 0.201. The molecular weight excluding hydrogens is 644 g/mol. The number of ether oxygens (including phenoxy) is 4. The topological polar surface area (TPSA) is 105 Å². The third-order valence-electron chi connectivity index (χ3n) is 8.47. The molecule has 4 rings (SSSR count). The van der Waals surface area contributed by atoms with E-state index in [9.17, 15) is 19.2 Å². The highest BCUT2D eigenvalue weighted by Gasteiger charge is 2.33. The van der Waals surface area contributed by atoms with Gasteiger partial charge in [-0.25, -0.2) is 19.2 Å². The Kier molecular flexibility index (Phi) is 16.6. The van der Waals surface area contributed by atoms with Gasteiger partial charge >= 0.3 is 23.9 Å². The minimum atomic E-state index is -0.668. The van der Waals surface area contributed by atoms with Gasteiger partial charge in [-0.1, -0.05) is 106 Å². The first kappa shape index (κ1) is 40.2. The predicted octanol–water partition coefficient (Wildman–Crippen LogP) is 9.69. The van der Waals surface area contributed by atoms with Crippen LogP contribution in [-0.4, -0.2) is 48.3 Å². The molecule has 0 amide bonds. The molecule has 4 aromatic carbocycles. The van der Waals surface area contributed by atoms with Gasteiger partial charge in [0, 0.05) is 12.8 Å². The Bertz CT molecular complexity index is 1630. The molecule has 0 heterocycles. The summed E-state index contributed by atoms with van der Waals surface area (Å²) in [7, 11) is 0. The van der Waals surface area contributed by atoms with Gasteiger partial charge in [-0.3, -0.25) is 0 Å². The fourth-order valence-corrected chi connectivity index (χ4v) is 5.56. The van der Waals surface area contributed by atoms with Crippen LogP contribution >= 0.6 is 0 Å². The molecule has 0 aliphatic heterocycles. The highest BCUT2D eigenvalue weighted by atomic mass is 16.6. The molecule has 51 heavy (non-hydrogen) atoms. The van der Waals surface area contributed by atoms with Gasteiger partial charge in [0.1, 0.15) is 11.2 Å². The average molecular weight is 695 g/mol. The molecule has 2 atom stereocenters. The molecule has 0 aliphatic carbocycles. The molecular formula is C43H50O8. The number of hydrogen-bond acceptors (Lipinski definition) is 8. The van der Waals surface area contributed by atoms with Crippen LogP contribution in [0.3, 0.4) is 0 Å². The maximum Gasteiger partial charge on any atom is 0.338 e. The highest BCUT2D eigenvalue weighted by Crippen LogP contribution is 2.29. The maximum atomic E-state index is 12.5. The van der Waals surface area contributed by atoms with Crippen molar-refractivity contribution in [3.63, 3.8) is 0 Å². The van der Waals surface area contributed by atoms with E-state index in [1.54, 1.807) is 84.9 Å². The van der Waals surface area contributed by atoms with E-state index >= 15 is 0 Å². The Morgan fingerprint density at radius 3 is 1.18 bits per heavy atom. The van der Waals surface area contributed by atoms with Gasteiger partial charge in [-0.15, -0.1) is 0 Å². The van der Waals surface area contributed by atoms with Gasteiger partial charge in [0.25, 0.3) is 0 Å². The Labute approximate surface area is 302 Å². The first-order valence-electron chi connectivity index (χ1n) is 17.7. The minimum Gasteiger partial charge on any atom is -0.462 e. The monoisotopic (exact) mass is 694 g/mol. The number of carbonyl (C=O) groups excluding carboxylic acids is 4. The van der Waals surface area contributed by atoms with Gasteiger partial charge in [-0.05, 0) is 74.7 Å². The van der Waals surface area contributed by atoms with Gasteiger partial charge in [0.2, 0.25) is 0 Å². The third kappa shape index (κ3) is 13.5. The Balaban J connectivity index is 0.000000276. The van der Waals surface area contributed by atoms with Crippen molar-refractivity contribution in [2.75, 3.05) is 13.2 Å². The Morgan fingerprint density at radius 2 is 0.804 bits per heavy atom. The van der Waals surface area contributed by atoms with Gasteiger partial charge in [0.15, 0.2) is 0 Å². The molecule has 0 aromatic heterocycles. The lowest BCUT2D eigenvalue weighted by atomic mass is 9.91. The van der Waals surface area contributed by atoms with Crippen LogP contribution in [0, 0.1) is 0 Å². The molecule has 8 heteroatoms. The number of hydrogen-bond donors (Lipinski definition) is 0. The van der Waals surface area contributed by atoms with Crippen molar-refractivity contribution in [1.29, 1.82) is 0 Å². The van der Waals surface area contributed by atoms with E-state index in [1.807, 2.05) is 57.2 Å². The summed E-state index contributed by atoms with van der Waals surface area (Å²) < 4.78 is 22.3. The van der Waals surface area contributed by atoms with Crippen LogP contribution in [0.5, 0.6) is 0 Å². The van der Waals surface area contributed by atoms with Crippen molar-refractivity contribution < 1.29 is 38.1 Å². The molecule has 0 bridgehead atoms. The van der Waals surface area contributed by atoms with Crippen LogP contribution < -0.4 is 0 Å². The van der Waals surface area contributed by atoms with E-state index in [2.05, 4.69) is 6.92 Å². The fraction of sp³-hybridized carbons (Fsp3) is 0.349. The van der Waals surface area contributed by atoms with Crippen LogP contribution in [0.25, 0.3) is 0 Å². The molecule has 0 aliphatic rings. The largest absolute Gasteiger partial charge is 0.462 e. The first-order chi connectivity index (χ1) is 24.6. The molecule has 0 fully saturated rings. The molecule has 2 unspecified atom stereocenters. The first-order valence-corrected chi connectivity index (χ1v) is 17.7. The second-order valence-electron chi connectivity index (χ2n) is 12.5. The number of carbonyl (C=O) groups is 4. The van der Waals surface area contributed by atoms with Crippen LogP contribution in [0.15, 0.2) is 121 Å². The third-order valence-corrected chi connectivity index (χ3v) is 8.47. The van der Waals surface area contributed by atoms with Crippen molar-refractivity contribution in [3.8, 4) is 0 Å². The molecule has 0 radical (unpaired) electrons. The highest BCUT2D eigenvalue weighted by molar-refractivity contribution is 5.91. The lowest BCUT2D eigenvalue weighted by molar-refractivity contribution is -0.0397. The van der Waals surface area contributed by atoms with E-state index < -0.39 is 11.2 Å². The summed E-state index contributed by atoms with van der Waals surface area (Å²) in [6.07, 6.45) is 4.78. The van der Waals surface area contributed by atoms with E-state index in [0.29, 0.717) is 47.9 Å². The van der Waals surface area contributed by atoms with Crippen molar-refractivity contribution in [1.82, 2.24) is 0 Å². The fourth-order valence-electron chi connectivity index (χ4n) is 5.56. The predicted molar refractivity (Wildman–Crippen MR) is 198 cm³/mol. The second-order valence-corrected chi connectivity index (χ2v) is 12.5. The smallest absolute Gasteiger partial charge is 0.338 e. The number of rotatable bonds is 17. The normalized spacial score (nSPS) is 12.9. The summed E-state index contributed by atoms with van der Waals surface area (Å²) >= 11 is 0. The SMILES string of the molecule is CCCC(C)(CCOC(=O)c1ccccc1)OC(=O)c1ccccc1.CCCC(CC)(CCOC(=O)c1ccccc1)OC(=O)c1ccccc1. The second kappa shape index (κ2) is 21.1. The van der Waals surface area contributed by atoms with E-state index in [4.69, 9.17) is 18.9 Å². The van der Waals surface area contributed by atoms with Crippen LogP contribution in [0.2, 0.25) is 0 Å². The molecule has 4 aromatic rings. The molecule has 270 valence electrons. The average Bonchev–Trinajstić information content (AvgIpc) is 3.16. The summed E-state index contributed by atoms with van der Waals surface area (Å²) in [5.74, 6) is -1.42. The lowest BCUT2D eigenvalue weighted by Gasteiger charge is -2.32. The molecule has 0 saturated heterocycles. The van der Waals surface area contributed by atoms with E-state index in [1.165, 1.54) is 0 Å². The van der Waals surface area contributed by atoms with Crippen LogP contribution in [0.4, 0.5) is 0 Å². The maximum absolute atomic E-state index is 12.5. The summed E-state index contributed by atoms with van der Waals surface area (Å²) in [6, 6.07) is 35.6. The zero-order chi connectivity index (χ0) is 37.0. The molecule has 8 nitrogen and oxygen atoms in total. The zero-order valence-electron chi connectivity index (χ0n) is 30.2. The van der Waals surface area contributed by atoms with Crippen LogP contribution in [0.1, 0.15) is 114 Å². The summed E-state index contributed by atoms with van der Waals surface area (Å²) in [5, 5.41) is 0. The van der Waals surface area contributed by atoms with Crippen molar-refractivity contribution >= 4 is 23.9 Å². The molecule has 0 spiro atoms. The standard InChI is InChI=1S/C22H26O4.C21H24O4/c1-3-15-22(4-2,26-21(24)19-13-9-6-10-14-19)16-17-25-20(23)18-11-7-5-8-12-18;1-3-14-21(2,25-20(23)18-12-8-5-9-13-18)15-16-24-19(22)17-10-6-4-7-11-17/h5-14H,3-4,15-17H2,1-2H3;4-13H,3,14-16H2,1-2H3. The molecule has 0 saturated carbocycles. The van der Waals surface area contributed by atoms with E-state index in [-0.39, 0.29) is 37.1 Å².